The van der Waals surface area contributed by atoms with Gasteiger partial charge >= 0.3 is 0 Å². The second-order valence-corrected chi connectivity index (χ2v) is 9.97. The Balaban J connectivity index is 1.73. The highest BCUT2D eigenvalue weighted by Gasteiger charge is 2.43. The number of pyridine rings is 1. The van der Waals surface area contributed by atoms with Gasteiger partial charge in [0, 0.05) is 22.6 Å². The molecule has 0 bridgehead atoms. The second-order valence-electron chi connectivity index (χ2n) is 8.36. The van der Waals surface area contributed by atoms with Crippen molar-refractivity contribution in [3.8, 4) is 11.4 Å². The molecule has 0 amide bonds. The lowest BCUT2D eigenvalue weighted by Crippen LogP contribution is -2.29. The molecule has 3 heterocycles. The molecule has 5 nitrogen and oxygen atoms in total. The molecule has 1 aliphatic heterocycles. The Hall–Kier alpha value is -2.77. The molecule has 0 spiro atoms. The Kier molecular flexibility index (Phi) is 6.40. The van der Waals surface area contributed by atoms with Crippen LogP contribution in [0, 0.1) is 13.8 Å². The molecule has 178 valence electrons. The fourth-order valence-corrected chi connectivity index (χ4v) is 5.63. The van der Waals surface area contributed by atoms with Crippen molar-refractivity contribution >= 4 is 57.8 Å². The minimum atomic E-state index is -0.320. The first-order valence-electron chi connectivity index (χ1n) is 10.9. The van der Waals surface area contributed by atoms with Crippen LogP contribution in [0.3, 0.4) is 0 Å². The summed E-state index contributed by atoms with van der Waals surface area (Å²) in [4.78, 5) is 6.50. The van der Waals surface area contributed by atoms with E-state index in [4.69, 9.17) is 47.0 Å². The van der Waals surface area contributed by atoms with Crippen LogP contribution in [0.15, 0.2) is 66.9 Å². The maximum absolute atomic E-state index is 10.8. The number of aromatic nitrogens is 2. The molecule has 4 aromatic rings. The van der Waals surface area contributed by atoms with Gasteiger partial charge in [0.05, 0.1) is 39.2 Å². The zero-order chi connectivity index (χ0) is 24.9. The van der Waals surface area contributed by atoms with E-state index in [1.54, 1.807) is 30.5 Å². The van der Waals surface area contributed by atoms with Crippen molar-refractivity contribution in [2.75, 3.05) is 4.90 Å². The Morgan fingerprint density at radius 3 is 2.51 bits per heavy atom. The number of rotatable bonds is 4. The average molecular weight is 544 g/mol. The third-order valence-corrected chi connectivity index (χ3v) is 7.61. The first-order chi connectivity index (χ1) is 16.8. The molecule has 1 fully saturated rings. The monoisotopic (exact) mass is 542 g/mol. The summed E-state index contributed by atoms with van der Waals surface area (Å²) in [5.74, 6) is 0.0805. The second kappa shape index (κ2) is 9.36. The van der Waals surface area contributed by atoms with Gasteiger partial charge in [-0.1, -0.05) is 46.9 Å². The highest BCUT2D eigenvalue weighted by Crippen LogP contribution is 2.46. The van der Waals surface area contributed by atoms with E-state index in [2.05, 4.69) is 20.9 Å². The molecule has 1 aliphatic rings. The van der Waals surface area contributed by atoms with Gasteiger partial charge in [0.25, 0.3) is 0 Å². The number of halogens is 3. The molecule has 2 atom stereocenters. The summed E-state index contributed by atoms with van der Waals surface area (Å²) in [5, 5.41) is 16.1. The zero-order valence-electron chi connectivity index (χ0n) is 18.8. The molecule has 1 saturated heterocycles. The number of aromatic hydroxyl groups is 1. The zero-order valence-corrected chi connectivity index (χ0v) is 21.9. The quantitative estimate of drug-likeness (QED) is 0.264. The molecule has 2 unspecified atom stereocenters. The number of benzene rings is 2. The molecule has 35 heavy (non-hydrogen) atoms. The van der Waals surface area contributed by atoms with Crippen molar-refractivity contribution in [2.24, 2.45) is 0 Å². The number of nitrogens with zero attached hydrogens (tertiary/aromatic N) is 3. The first kappa shape index (κ1) is 23.9. The van der Waals surface area contributed by atoms with Crippen LogP contribution >= 0.6 is 47.0 Å². The fourth-order valence-electron chi connectivity index (χ4n) is 4.74. The highest BCUT2D eigenvalue weighted by molar-refractivity contribution is 7.80. The van der Waals surface area contributed by atoms with E-state index >= 15 is 0 Å². The molecule has 9 heteroatoms. The molecular weight excluding hydrogens is 523 g/mol. The minimum absolute atomic E-state index is 0.0805. The molecule has 2 aromatic heterocycles. The topological polar surface area (TPSA) is 53.3 Å². The van der Waals surface area contributed by atoms with Gasteiger partial charge < -0.3 is 19.9 Å². The van der Waals surface area contributed by atoms with Crippen molar-refractivity contribution in [3.05, 3.63) is 105 Å². The molecule has 0 aliphatic carbocycles. The van der Waals surface area contributed by atoms with Crippen molar-refractivity contribution in [3.63, 3.8) is 0 Å². The Morgan fingerprint density at radius 2 is 1.77 bits per heavy atom. The summed E-state index contributed by atoms with van der Waals surface area (Å²) in [7, 11) is 0. The van der Waals surface area contributed by atoms with E-state index in [0.717, 1.165) is 28.3 Å². The van der Waals surface area contributed by atoms with Gasteiger partial charge in [-0.3, -0.25) is 4.98 Å². The minimum Gasteiger partial charge on any atom is -0.506 e. The van der Waals surface area contributed by atoms with Gasteiger partial charge in [0.15, 0.2) is 5.11 Å². The standard InChI is InChI=1S/C26H21Cl3N4OS/c1-14-12-17(15(2)32(14)20-8-5-6-18(28)23(20)29)25-24(19-7-3-4-11-30-19)31-26(35)33(25)21-13-16(27)9-10-22(21)34/h3-13,24-25,34H,1-2H3,(H,31,35). The van der Waals surface area contributed by atoms with Crippen LogP contribution in [-0.2, 0) is 0 Å². The summed E-state index contributed by atoms with van der Waals surface area (Å²) in [6.07, 6.45) is 1.76. The van der Waals surface area contributed by atoms with E-state index in [1.165, 1.54) is 0 Å². The van der Waals surface area contributed by atoms with E-state index < -0.39 is 0 Å². The van der Waals surface area contributed by atoms with Crippen LogP contribution in [0.25, 0.3) is 5.69 Å². The lowest BCUT2D eigenvalue weighted by Gasteiger charge is -2.29. The normalized spacial score (nSPS) is 17.6. The number of thiocarbonyl (C=S) groups is 1. The number of phenolic OH excluding ortho intramolecular Hbond substituents is 1. The maximum Gasteiger partial charge on any atom is 0.174 e. The van der Waals surface area contributed by atoms with Crippen molar-refractivity contribution in [1.29, 1.82) is 0 Å². The lowest BCUT2D eigenvalue weighted by atomic mass is 9.96. The molecular formula is C26H21Cl3N4OS. The number of nitrogens with one attached hydrogen (secondary N) is 1. The summed E-state index contributed by atoms with van der Waals surface area (Å²) in [6.45, 7) is 4.05. The van der Waals surface area contributed by atoms with Gasteiger partial charge in [-0.2, -0.15) is 0 Å². The number of hydrogen-bond acceptors (Lipinski definition) is 3. The lowest BCUT2D eigenvalue weighted by molar-refractivity contribution is 0.472. The Bertz CT molecular complexity index is 1440. The number of phenols is 1. The Labute approximate surface area is 223 Å². The molecule has 0 saturated carbocycles. The van der Waals surface area contributed by atoms with Crippen LogP contribution in [-0.4, -0.2) is 19.8 Å². The highest BCUT2D eigenvalue weighted by atomic mass is 35.5. The summed E-state index contributed by atoms with van der Waals surface area (Å²) < 4.78 is 2.08. The summed E-state index contributed by atoms with van der Waals surface area (Å²) in [5.41, 5.74) is 5.09. The van der Waals surface area contributed by atoms with Crippen LogP contribution in [0.4, 0.5) is 5.69 Å². The molecule has 0 radical (unpaired) electrons. The number of aryl methyl sites for hydroxylation is 1. The smallest absolute Gasteiger partial charge is 0.174 e. The largest absolute Gasteiger partial charge is 0.506 e. The van der Waals surface area contributed by atoms with Crippen molar-refractivity contribution in [2.45, 2.75) is 25.9 Å². The third kappa shape index (κ3) is 4.15. The van der Waals surface area contributed by atoms with Crippen LogP contribution in [0.5, 0.6) is 5.75 Å². The first-order valence-corrected chi connectivity index (χ1v) is 12.4. The van der Waals surface area contributed by atoms with Crippen LogP contribution in [0.2, 0.25) is 15.1 Å². The molecule has 2 aromatic carbocycles. The predicted octanol–water partition coefficient (Wildman–Crippen LogP) is 7.33. The van der Waals surface area contributed by atoms with E-state index in [1.807, 2.05) is 49.1 Å². The van der Waals surface area contributed by atoms with Gasteiger partial charge in [0.1, 0.15) is 5.75 Å². The van der Waals surface area contributed by atoms with Crippen LogP contribution < -0.4 is 10.2 Å². The van der Waals surface area contributed by atoms with E-state index in [-0.39, 0.29) is 17.8 Å². The average Bonchev–Trinajstić information content (AvgIpc) is 3.33. The van der Waals surface area contributed by atoms with Crippen LogP contribution in [0.1, 0.15) is 34.7 Å². The molecule has 2 N–H and O–H groups in total. The Morgan fingerprint density at radius 1 is 0.971 bits per heavy atom. The number of hydrogen-bond donors (Lipinski definition) is 2. The third-order valence-electron chi connectivity index (χ3n) is 6.26. The number of anilines is 1. The van der Waals surface area contributed by atoms with Crippen molar-refractivity contribution in [1.82, 2.24) is 14.9 Å². The van der Waals surface area contributed by atoms with Gasteiger partial charge in [0.2, 0.25) is 0 Å². The fraction of sp³-hybridized carbons (Fsp3) is 0.154. The van der Waals surface area contributed by atoms with E-state index in [0.29, 0.717) is 25.9 Å². The predicted molar refractivity (Wildman–Crippen MR) is 146 cm³/mol. The van der Waals surface area contributed by atoms with Gasteiger partial charge in [-0.25, -0.2) is 0 Å². The van der Waals surface area contributed by atoms with Gasteiger partial charge in [-0.15, -0.1) is 0 Å². The SMILES string of the molecule is Cc1cc(C2C(c3ccccn3)NC(=S)N2c2cc(Cl)ccc2O)c(C)n1-c1cccc(Cl)c1Cl. The van der Waals surface area contributed by atoms with E-state index in [9.17, 15) is 5.11 Å². The van der Waals surface area contributed by atoms with Gasteiger partial charge in [-0.05, 0) is 80.2 Å². The summed E-state index contributed by atoms with van der Waals surface area (Å²) >= 11 is 25.0. The maximum atomic E-state index is 10.8. The van der Waals surface area contributed by atoms with Crippen molar-refractivity contribution < 1.29 is 5.11 Å². The molecule has 5 rings (SSSR count). The summed E-state index contributed by atoms with van der Waals surface area (Å²) in [6, 6.07) is 17.8.